The van der Waals surface area contributed by atoms with Crippen molar-refractivity contribution in [3.8, 4) is 0 Å². The molecule has 0 aliphatic carbocycles. The average Bonchev–Trinajstić information content (AvgIpc) is 2.90. The van der Waals surface area contributed by atoms with Gasteiger partial charge in [-0.05, 0) is 41.3 Å². The van der Waals surface area contributed by atoms with Crippen LogP contribution in [0, 0.1) is 6.92 Å². The maximum absolute atomic E-state index is 2.22. The fraction of sp³-hybridized carbons (Fsp3) is 0.412. The van der Waals surface area contributed by atoms with Crippen LogP contribution in [0.2, 0.25) is 0 Å². The Kier molecular flexibility index (Phi) is 9.52. The van der Waals surface area contributed by atoms with Crippen molar-refractivity contribution in [1.82, 2.24) is 9.80 Å². The largest absolute Gasteiger partial charge is 2.00 e. The summed E-state index contributed by atoms with van der Waals surface area (Å²) in [7, 11) is 8.32. The first kappa shape index (κ1) is 19.1. The van der Waals surface area contributed by atoms with Crippen molar-refractivity contribution >= 4 is 0 Å². The molecule has 0 radical (unpaired) electrons. The van der Waals surface area contributed by atoms with E-state index in [0.29, 0.717) is 0 Å². The first-order chi connectivity index (χ1) is 8.97. The second kappa shape index (κ2) is 9.95. The van der Waals surface area contributed by atoms with Crippen LogP contribution in [-0.2, 0) is 30.2 Å². The Morgan fingerprint density at radius 1 is 0.950 bits per heavy atom. The molecule has 2 nitrogen and oxygen atoms in total. The van der Waals surface area contributed by atoms with Gasteiger partial charge in [0.05, 0.1) is 0 Å². The summed E-state index contributed by atoms with van der Waals surface area (Å²) in [5.74, 6) is 0. The molecule has 0 aliphatic rings. The van der Waals surface area contributed by atoms with Gasteiger partial charge >= 0.3 is 17.1 Å². The normalized spacial score (nSPS) is 10.2. The average molecular weight is 314 g/mol. The third kappa shape index (κ3) is 8.34. The Hall–Kier alpha value is -0.861. The summed E-state index contributed by atoms with van der Waals surface area (Å²) in [5.41, 5.74) is 4.15. The van der Waals surface area contributed by atoms with Gasteiger partial charge in [-0.2, -0.15) is 35.4 Å². The molecule has 0 fully saturated rings. The second-order valence-electron chi connectivity index (χ2n) is 5.57. The number of hydrogen-bond acceptors (Lipinski definition) is 2. The Balaban J connectivity index is 0.000000345. The van der Waals surface area contributed by atoms with Crippen LogP contribution in [0.15, 0.2) is 42.5 Å². The summed E-state index contributed by atoms with van der Waals surface area (Å²) in [5, 5.41) is 0. The van der Waals surface area contributed by atoms with Crippen LogP contribution in [0.25, 0.3) is 0 Å². The first-order valence-corrected chi connectivity index (χ1v) is 6.69. The molecule has 0 saturated carbocycles. The number of nitrogens with zero attached hydrogens (tertiary/aromatic N) is 2. The molecular formula is C17H26FeN2. The molecule has 0 aromatic heterocycles. The van der Waals surface area contributed by atoms with Crippen molar-refractivity contribution in [2.24, 2.45) is 0 Å². The van der Waals surface area contributed by atoms with E-state index in [2.05, 4.69) is 87.4 Å². The predicted octanol–water partition coefficient (Wildman–Crippen LogP) is 3.24. The van der Waals surface area contributed by atoms with Gasteiger partial charge in [-0.3, -0.25) is 0 Å². The van der Waals surface area contributed by atoms with Crippen molar-refractivity contribution in [2.75, 3.05) is 28.2 Å². The van der Waals surface area contributed by atoms with Gasteiger partial charge in [-0.15, -0.1) is 5.56 Å². The Bertz CT molecular complexity index is 441. The molecule has 0 heterocycles. The van der Waals surface area contributed by atoms with Crippen molar-refractivity contribution < 1.29 is 17.1 Å². The van der Waals surface area contributed by atoms with Crippen LogP contribution in [0.1, 0.15) is 16.7 Å². The zero-order valence-electron chi connectivity index (χ0n) is 13.2. The minimum Gasteiger partial charge on any atom is -0.317 e. The molecule has 3 heteroatoms. The van der Waals surface area contributed by atoms with Gasteiger partial charge in [0.25, 0.3) is 0 Å². The van der Waals surface area contributed by atoms with E-state index in [0.717, 1.165) is 13.1 Å². The van der Waals surface area contributed by atoms with Gasteiger partial charge in [0.2, 0.25) is 0 Å². The van der Waals surface area contributed by atoms with Crippen LogP contribution in [0.5, 0.6) is 0 Å². The Labute approximate surface area is 134 Å². The fourth-order valence-electron chi connectivity index (χ4n) is 1.98. The van der Waals surface area contributed by atoms with E-state index in [1.807, 2.05) is 0 Å². The molecule has 0 bridgehead atoms. The van der Waals surface area contributed by atoms with Gasteiger partial charge in [0.15, 0.2) is 0 Å². The molecule has 2 rings (SSSR count). The standard InChI is InChI=1S/C9H14N.C8H12N.Fe/c1-8-4-5-9(6-8)7-10(2)3;1-9(2)7-8-5-3-4-6-8;/h4-6H,7H2,1-3H3;3-6H,7H2,1-2H3;/q2*-1;+2. The Morgan fingerprint density at radius 2 is 1.55 bits per heavy atom. The van der Waals surface area contributed by atoms with Crippen molar-refractivity contribution in [3.05, 3.63) is 59.2 Å². The molecule has 0 atom stereocenters. The predicted molar refractivity (Wildman–Crippen MR) is 83.6 cm³/mol. The minimum atomic E-state index is 0. The van der Waals surface area contributed by atoms with E-state index < -0.39 is 0 Å². The summed E-state index contributed by atoms with van der Waals surface area (Å²) in [4.78, 5) is 4.34. The quantitative estimate of drug-likeness (QED) is 0.631. The summed E-state index contributed by atoms with van der Waals surface area (Å²) in [6, 6.07) is 15.0. The van der Waals surface area contributed by atoms with Crippen LogP contribution in [0.3, 0.4) is 0 Å². The molecular weight excluding hydrogens is 288 g/mol. The molecule has 2 aromatic rings. The van der Waals surface area contributed by atoms with Gasteiger partial charge in [-0.25, -0.2) is 18.2 Å². The van der Waals surface area contributed by atoms with E-state index in [4.69, 9.17) is 0 Å². The van der Waals surface area contributed by atoms with E-state index >= 15 is 0 Å². The van der Waals surface area contributed by atoms with Gasteiger partial charge in [0, 0.05) is 0 Å². The van der Waals surface area contributed by atoms with E-state index in [1.54, 1.807) is 0 Å². The third-order valence-electron chi connectivity index (χ3n) is 2.70. The summed E-state index contributed by atoms with van der Waals surface area (Å²) in [6.45, 7) is 4.22. The van der Waals surface area contributed by atoms with Crippen molar-refractivity contribution in [1.29, 1.82) is 0 Å². The van der Waals surface area contributed by atoms with E-state index in [-0.39, 0.29) is 17.1 Å². The molecule has 0 amide bonds. The molecule has 112 valence electrons. The van der Waals surface area contributed by atoms with E-state index in [9.17, 15) is 0 Å². The van der Waals surface area contributed by atoms with Gasteiger partial charge in [-0.1, -0.05) is 6.92 Å². The summed E-state index contributed by atoms with van der Waals surface area (Å²) < 4.78 is 0. The minimum absolute atomic E-state index is 0. The first-order valence-electron chi connectivity index (χ1n) is 6.69. The second-order valence-corrected chi connectivity index (χ2v) is 5.57. The topological polar surface area (TPSA) is 6.48 Å². The Morgan fingerprint density at radius 3 is 1.95 bits per heavy atom. The summed E-state index contributed by atoms with van der Waals surface area (Å²) >= 11 is 0. The van der Waals surface area contributed by atoms with Gasteiger partial charge < -0.3 is 9.80 Å². The summed E-state index contributed by atoms with van der Waals surface area (Å²) in [6.07, 6.45) is 0. The SMILES string of the molecule is CN(C)C[c-]1cccc1.C[c-]1ccc(CN(C)C)c1.[Fe+2]. The van der Waals surface area contributed by atoms with Crippen LogP contribution >= 0.6 is 0 Å². The molecule has 20 heavy (non-hydrogen) atoms. The maximum Gasteiger partial charge on any atom is 2.00 e. The molecule has 2 aromatic carbocycles. The molecule has 0 unspecified atom stereocenters. The smallest absolute Gasteiger partial charge is 0.317 e. The fourth-order valence-corrected chi connectivity index (χ4v) is 1.98. The number of aryl methyl sites for hydroxylation is 1. The van der Waals surface area contributed by atoms with Crippen LogP contribution < -0.4 is 0 Å². The van der Waals surface area contributed by atoms with Gasteiger partial charge in [0.1, 0.15) is 0 Å². The number of hydrogen-bond donors (Lipinski definition) is 0. The van der Waals surface area contributed by atoms with E-state index in [1.165, 1.54) is 16.7 Å². The zero-order chi connectivity index (χ0) is 14.3. The van der Waals surface area contributed by atoms with Crippen LogP contribution in [0.4, 0.5) is 0 Å². The maximum atomic E-state index is 2.22. The third-order valence-corrected chi connectivity index (χ3v) is 2.70. The number of rotatable bonds is 4. The molecule has 0 saturated heterocycles. The monoisotopic (exact) mass is 314 g/mol. The molecule has 0 N–H and O–H groups in total. The molecule has 0 aliphatic heterocycles. The zero-order valence-corrected chi connectivity index (χ0v) is 14.3. The van der Waals surface area contributed by atoms with Crippen LogP contribution in [-0.4, -0.2) is 38.0 Å². The molecule has 0 spiro atoms. The van der Waals surface area contributed by atoms with Crippen molar-refractivity contribution in [2.45, 2.75) is 20.0 Å². The van der Waals surface area contributed by atoms with Crippen molar-refractivity contribution in [3.63, 3.8) is 0 Å².